The van der Waals surface area contributed by atoms with Gasteiger partial charge in [0.1, 0.15) is 11.6 Å². The molecule has 0 aromatic heterocycles. The molecule has 138 valence electrons. The van der Waals surface area contributed by atoms with Crippen molar-refractivity contribution < 1.29 is 13.6 Å². The highest BCUT2D eigenvalue weighted by Crippen LogP contribution is 2.50. The van der Waals surface area contributed by atoms with Crippen molar-refractivity contribution in [2.75, 3.05) is 0 Å². The van der Waals surface area contributed by atoms with Crippen molar-refractivity contribution in [1.82, 2.24) is 5.32 Å². The number of amides is 1. The first-order chi connectivity index (χ1) is 11.5. The Morgan fingerprint density at radius 2 is 1.68 bits per heavy atom. The van der Waals surface area contributed by atoms with Gasteiger partial charge < -0.3 is 11.1 Å². The number of nitrogens with one attached hydrogen (secondary N) is 1. The van der Waals surface area contributed by atoms with Crippen LogP contribution < -0.4 is 11.1 Å². The maximum absolute atomic E-state index is 13.9. The number of benzene rings is 1. The van der Waals surface area contributed by atoms with Crippen molar-refractivity contribution in [3.63, 3.8) is 0 Å². The quantitative estimate of drug-likeness (QED) is 0.855. The molecule has 1 aromatic carbocycles. The van der Waals surface area contributed by atoms with Crippen LogP contribution in [-0.4, -0.2) is 18.0 Å². The summed E-state index contributed by atoms with van der Waals surface area (Å²) in [6, 6.07) is 4.32. The number of hydrogen-bond acceptors (Lipinski definition) is 2. The van der Waals surface area contributed by atoms with Crippen LogP contribution >= 0.6 is 12.4 Å². The van der Waals surface area contributed by atoms with Crippen molar-refractivity contribution in [3.8, 4) is 0 Å². The summed E-state index contributed by atoms with van der Waals surface area (Å²) in [5.41, 5.74) is 6.20. The third kappa shape index (κ3) is 3.54. The van der Waals surface area contributed by atoms with Crippen molar-refractivity contribution in [3.05, 3.63) is 35.4 Å². The van der Waals surface area contributed by atoms with E-state index >= 15 is 0 Å². The lowest BCUT2D eigenvalue weighted by atomic mass is 9.67. The third-order valence-electron chi connectivity index (χ3n) is 6.18. The van der Waals surface area contributed by atoms with E-state index in [0.717, 1.165) is 25.7 Å². The van der Waals surface area contributed by atoms with E-state index in [-0.39, 0.29) is 47.8 Å². The Balaban J connectivity index is 0.00000182. The lowest BCUT2D eigenvalue weighted by Gasteiger charge is -2.45. The van der Waals surface area contributed by atoms with Gasteiger partial charge in [-0.15, -0.1) is 12.4 Å². The zero-order valence-electron chi connectivity index (χ0n) is 14.1. The summed E-state index contributed by atoms with van der Waals surface area (Å²) >= 11 is 0. The fraction of sp³-hybridized carbons (Fsp3) is 0.632. The van der Waals surface area contributed by atoms with Crippen LogP contribution in [0, 0.1) is 29.4 Å². The number of halogens is 3. The summed E-state index contributed by atoms with van der Waals surface area (Å²) in [5, 5.41) is 3.20. The molecular weight excluding hydrogens is 346 g/mol. The van der Waals surface area contributed by atoms with Gasteiger partial charge in [0.2, 0.25) is 5.91 Å². The lowest BCUT2D eigenvalue weighted by Crippen LogP contribution is -2.54. The second-order valence-corrected chi connectivity index (χ2v) is 7.80. The van der Waals surface area contributed by atoms with E-state index in [1.807, 2.05) is 0 Å². The molecule has 0 heterocycles. The minimum Gasteiger partial charge on any atom is -0.353 e. The molecule has 0 aliphatic heterocycles. The predicted octanol–water partition coefficient (Wildman–Crippen LogP) is 3.51. The van der Waals surface area contributed by atoms with Gasteiger partial charge in [-0.05, 0) is 56.1 Å². The Labute approximate surface area is 153 Å². The predicted molar refractivity (Wildman–Crippen MR) is 94.4 cm³/mol. The molecule has 0 radical (unpaired) electrons. The Kier molecular flexibility index (Phi) is 5.35. The van der Waals surface area contributed by atoms with Crippen molar-refractivity contribution >= 4 is 18.3 Å². The van der Waals surface area contributed by atoms with E-state index in [1.54, 1.807) is 0 Å². The maximum Gasteiger partial charge on any atom is 0.223 e. The molecule has 4 rings (SSSR count). The summed E-state index contributed by atoms with van der Waals surface area (Å²) in [6.07, 6.45) is 5.91. The molecule has 2 bridgehead atoms. The van der Waals surface area contributed by atoms with Crippen molar-refractivity contribution in [2.24, 2.45) is 23.5 Å². The normalized spacial score (nSPS) is 36.3. The molecule has 25 heavy (non-hydrogen) atoms. The fourth-order valence-electron chi connectivity index (χ4n) is 4.96. The SMILES string of the molecule is Cl.NC1CC2CCCC(C1)C2NC(=O)C1CC1c1c(F)cccc1F. The highest BCUT2D eigenvalue weighted by Gasteiger charge is 2.48. The highest BCUT2D eigenvalue weighted by atomic mass is 35.5. The topological polar surface area (TPSA) is 55.1 Å². The minimum absolute atomic E-state index is 0. The molecular formula is C19H25ClF2N2O. The van der Waals surface area contributed by atoms with E-state index in [4.69, 9.17) is 5.73 Å². The second kappa shape index (κ2) is 7.20. The molecule has 3 fully saturated rings. The van der Waals surface area contributed by atoms with E-state index in [2.05, 4.69) is 5.32 Å². The standard InChI is InChI=1S/C19H24F2N2O.ClH/c20-15-5-2-6-16(21)17(15)13-9-14(13)19(24)23-18-10-3-1-4-11(18)8-12(22)7-10;/h2,5-6,10-14,18H,1,3-4,7-9,22H2,(H,23,24);1H. The number of rotatable bonds is 3. The van der Waals surface area contributed by atoms with E-state index in [0.29, 0.717) is 18.3 Å². The van der Waals surface area contributed by atoms with Gasteiger partial charge in [0.15, 0.2) is 0 Å². The molecule has 0 spiro atoms. The first-order valence-corrected chi connectivity index (χ1v) is 9.04. The largest absolute Gasteiger partial charge is 0.353 e. The van der Waals surface area contributed by atoms with Gasteiger partial charge >= 0.3 is 0 Å². The van der Waals surface area contributed by atoms with Gasteiger partial charge in [-0.3, -0.25) is 4.79 Å². The first-order valence-electron chi connectivity index (χ1n) is 9.04. The van der Waals surface area contributed by atoms with Crippen LogP contribution in [0.25, 0.3) is 0 Å². The molecule has 3 saturated carbocycles. The number of fused-ring (bicyclic) bond motifs is 2. The second-order valence-electron chi connectivity index (χ2n) is 7.80. The minimum atomic E-state index is -0.546. The Morgan fingerprint density at radius 3 is 2.28 bits per heavy atom. The number of nitrogens with two attached hydrogens (primary N) is 1. The molecule has 3 aliphatic carbocycles. The van der Waals surface area contributed by atoms with Gasteiger partial charge in [0.05, 0.1) is 0 Å². The summed E-state index contributed by atoms with van der Waals surface area (Å²) in [6.45, 7) is 0. The molecule has 4 unspecified atom stereocenters. The summed E-state index contributed by atoms with van der Waals surface area (Å²) in [4.78, 5) is 12.6. The molecule has 0 saturated heterocycles. The van der Waals surface area contributed by atoms with Crippen LogP contribution in [0.1, 0.15) is 50.0 Å². The van der Waals surface area contributed by atoms with E-state index in [9.17, 15) is 13.6 Å². The van der Waals surface area contributed by atoms with Gasteiger partial charge in [-0.25, -0.2) is 8.78 Å². The number of hydrogen-bond donors (Lipinski definition) is 2. The average Bonchev–Trinajstić information content (AvgIpc) is 3.28. The van der Waals surface area contributed by atoms with Crippen molar-refractivity contribution in [1.29, 1.82) is 0 Å². The van der Waals surface area contributed by atoms with Crippen molar-refractivity contribution in [2.45, 2.75) is 56.5 Å². The van der Waals surface area contributed by atoms with Crippen LogP contribution in [0.4, 0.5) is 8.78 Å². The first kappa shape index (κ1) is 18.6. The molecule has 1 amide bonds. The van der Waals surface area contributed by atoms with Gasteiger partial charge in [0.25, 0.3) is 0 Å². The molecule has 6 heteroatoms. The fourth-order valence-corrected chi connectivity index (χ4v) is 4.96. The van der Waals surface area contributed by atoms with Crippen LogP contribution in [0.3, 0.4) is 0 Å². The van der Waals surface area contributed by atoms with Gasteiger partial charge in [-0.1, -0.05) is 12.5 Å². The van der Waals surface area contributed by atoms with Crippen LogP contribution in [0.2, 0.25) is 0 Å². The Bertz CT molecular complexity index is 622. The van der Waals surface area contributed by atoms with Crippen LogP contribution in [-0.2, 0) is 4.79 Å². The monoisotopic (exact) mass is 370 g/mol. The third-order valence-corrected chi connectivity index (χ3v) is 6.18. The average molecular weight is 371 g/mol. The zero-order chi connectivity index (χ0) is 16.8. The summed E-state index contributed by atoms with van der Waals surface area (Å²) < 4.78 is 27.8. The smallest absolute Gasteiger partial charge is 0.223 e. The van der Waals surface area contributed by atoms with Crippen LogP contribution in [0.15, 0.2) is 18.2 Å². The molecule has 3 nitrogen and oxygen atoms in total. The Morgan fingerprint density at radius 1 is 1.08 bits per heavy atom. The van der Waals surface area contributed by atoms with Gasteiger partial charge in [-0.2, -0.15) is 0 Å². The molecule has 4 atom stereocenters. The number of carbonyl (C=O) groups excluding carboxylic acids is 1. The molecule has 3 aliphatic rings. The summed E-state index contributed by atoms with van der Waals surface area (Å²) in [5.74, 6) is -0.839. The highest BCUT2D eigenvalue weighted by molar-refractivity contribution is 5.85. The van der Waals surface area contributed by atoms with Gasteiger partial charge in [0, 0.05) is 29.5 Å². The number of carbonyl (C=O) groups is 1. The van der Waals surface area contributed by atoms with E-state index < -0.39 is 11.6 Å². The Hall–Kier alpha value is -1.20. The van der Waals surface area contributed by atoms with Crippen LogP contribution in [0.5, 0.6) is 0 Å². The van der Waals surface area contributed by atoms with E-state index in [1.165, 1.54) is 24.6 Å². The molecule has 3 N–H and O–H groups in total. The lowest BCUT2D eigenvalue weighted by molar-refractivity contribution is -0.124. The molecule has 1 aromatic rings. The zero-order valence-corrected chi connectivity index (χ0v) is 14.9. The maximum atomic E-state index is 13.9. The summed E-state index contributed by atoms with van der Waals surface area (Å²) in [7, 11) is 0.